The second-order valence-electron chi connectivity index (χ2n) is 6.85. The van der Waals surface area contributed by atoms with Crippen LogP contribution < -0.4 is 15.4 Å². The van der Waals surface area contributed by atoms with Gasteiger partial charge in [0, 0.05) is 55.0 Å². The van der Waals surface area contributed by atoms with E-state index in [4.69, 9.17) is 10.5 Å². The van der Waals surface area contributed by atoms with Crippen LogP contribution in [-0.2, 0) is 0 Å². The predicted molar refractivity (Wildman–Crippen MR) is 105 cm³/mol. The number of amides is 1. The fraction of sp³-hybridized carbons (Fsp3) is 0.286. The van der Waals surface area contributed by atoms with E-state index >= 15 is 0 Å². The van der Waals surface area contributed by atoms with Gasteiger partial charge in [-0.1, -0.05) is 18.2 Å². The van der Waals surface area contributed by atoms with Crippen LogP contribution in [0.25, 0.3) is 10.9 Å². The zero-order valence-corrected chi connectivity index (χ0v) is 15.3. The molecule has 0 spiro atoms. The number of hydrogen-bond acceptors (Lipinski definition) is 5. The van der Waals surface area contributed by atoms with Gasteiger partial charge in [0.1, 0.15) is 17.5 Å². The summed E-state index contributed by atoms with van der Waals surface area (Å²) >= 11 is 0. The van der Waals surface area contributed by atoms with Crippen LogP contribution in [0.1, 0.15) is 29.0 Å². The highest BCUT2D eigenvalue weighted by Gasteiger charge is 2.22. The molecule has 0 saturated carbocycles. The van der Waals surface area contributed by atoms with Crippen molar-refractivity contribution in [1.82, 2.24) is 9.97 Å². The lowest BCUT2D eigenvalue weighted by atomic mass is 10.0. The molecule has 6 nitrogen and oxygen atoms in total. The summed E-state index contributed by atoms with van der Waals surface area (Å²) in [6.07, 6.45) is 3.48. The topological polar surface area (TPSA) is 81.3 Å². The van der Waals surface area contributed by atoms with E-state index in [-0.39, 0.29) is 11.8 Å². The summed E-state index contributed by atoms with van der Waals surface area (Å²) in [5.41, 5.74) is 8.80. The van der Waals surface area contributed by atoms with E-state index in [1.165, 1.54) is 11.1 Å². The van der Waals surface area contributed by atoms with Gasteiger partial charge in [-0.2, -0.15) is 0 Å². The first-order chi connectivity index (χ1) is 13.1. The van der Waals surface area contributed by atoms with Gasteiger partial charge in [0.15, 0.2) is 0 Å². The Morgan fingerprint density at radius 1 is 1.19 bits per heavy atom. The standard InChI is InChI=1S/C21H22N4O2/c1-14-12-20(17-4-2-3-5-18(17)24-14)25-10-7-15(8-11-25)27-16-6-9-23-19(13-16)21(22)26/h2-6,9,12-13,15H,7-8,10-11H2,1H3,(H2,22,26). The molecular weight excluding hydrogens is 340 g/mol. The van der Waals surface area contributed by atoms with Crippen LogP contribution in [0, 0.1) is 6.92 Å². The van der Waals surface area contributed by atoms with Crippen LogP contribution in [0.15, 0.2) is 48.7 Å². The lowest BCUT2D eigenvalue weighted by molar-refractivity contribution is 0.0994. The molecule has 1 saturated heterocycles. The number of hydrogen-bond donors (Lipinski definition) is 1. The third-order valence-electron chi connectivity index (χ3n) is 4.89. The molecule has 4 rings (SSSR count). The molecule has 0 aliphatic carbocycles. The molecule has 0 atom stereocenters. The third-order valence-corrected chi connectivity index (χ3v) is 4.89. The van der Waals surface area contributed by atoms with Crippen molar-refractivity contribution in [2.24, 2.45) is 5.73 Å². The Morgan fingerprint density at radius 2 is 1.96 bits per heavy atom. The van der Waals surface area contributed by atoms with E-state index in [2.05, 4.69) is 39.1 Å². The van der Waals surface area contributed by atoms with Gasteiger partial charge in [0.25, 0.3) is 5.91 Å². The summed E-state index contributed by atoms with van der Waals surface area (Å²) in [5, 5.41) is 1.18. The quantitative estimate of drug-likeness (QED) is 0.771. The van der Waals surface area contributed by atoms with Crippen LogP contribution in [-0.4, -0.2) is 35.1 Å². The van der Waals surface area contributed by atoms with Gasteiger partial charge < -0.3 is 15.4 Å². The average molecular weight is 362 g/mol. The van der Waals surface area contributed by atoms with E-state index in [1.807, 2.05) is 13.0 Å². The SMILES string of the molecule is Cc1cc(N2CCC(Oc3ccnc(C(N)=O)c3)CC2)c2ccccc2n1. The van der Waals surface area contributed by atoms with E-state index in [1.54, 1.807) is 18.3 Å². The number of aryl methyl sites for hydroxylation is 1. The highest BCUT2D eigenvalue weighted by molar-refractivity contribution is 5.92. The first-order valence-corrected chi connectivity index (χ1v) is 9.14. The number of primary amides is 1. The number of aromatic nitrogens is 2. The predicted octanol–water partition coefficient (Wildman–Crippen LogP) is 3.08. The third kappa shape index (κ3) is 3.69. The summed E-state index contributed by atoms with van der Waals surface area (Å²) in [5.74, 6) is 0.0951. The lowest BCUT2D eigenvalue weighted by Gasteiger charge is -2.34. The number of carbonyl (C=O) groups excluding carboxylic acids is 1. The van der Waals surface area contributed by atoms with Crippen molar-refractivity contribution < 1.29 is 9.53 Å². The normalized spacial score (nSPS) is 15.1. The van der Waals surface area contributed by atoms with Crippen molar-refractivity contribution >= 4 is 22.5 Å². The maximum Gasteiger partial charge on any atom is 0.267 e. The molecule has 1 aliphatic heterocycles. The number of fused-ring (bicyclic) bond motifs is 1. The van der Waals surface area contributed by atoms with Gasteiger partial charge in [-0.25, -0.2) is 0 Å². The molecule has 2 aromatic heterocycles. The van der Waals surface area contributed by atoms with Crippen LogP contribution in [0.2, 0.25) is 0 Å². The number of piperidine rings is 1. The number of para-hydroxylation sites is 1. The molecule has 2 N–H and O–H groups in total. The number of ether oxygens (including phenoxy) is 1. The first-order valence-electron chi connectivity index (χ1n) is 9.14. The molecule has 6 heteroatoms. The second kappa shape index (κ2) is 7.23. The Balaban J connectivity index is 1.47. The summed E-state index contributed by atoms with van der Waals surface area (Å²) in [6.45, 7) is 3.85. The number of rotatable bonds is 4. The number of nitrogens with two attached hydrogens (primary N) is 1. The minimum atomic E-state index is -0.546. The van der Waals surface area contributed by atoms with Gasteiger partial charge in [0.2, 0.25) is 0 Å². The Morgan fingerprint density at radius 3 is 2.74 bits per heavy atom. The number of carbonyl (C=O) groups is 1. The van der Waals surface area contributed by atoms with Crippen molar-refractivity contribution in [3.05, 3.63) is 60.0 Å². The minimum Gasteiger partial charge on any atom is -0.490 e. The summed E-state index contributed by atoms with van der Waals surface area (Å²) in [4.78, 5) is 22.3. The molecular formula is C21H22N4O2. The fourth-order valence-electron chi connectivity index (χ4n) is 3.57. The van der Waals surface area contributed by atoms with Crippen LogP contribution >= 0.6 is 0 Å². The summed E-state index contributed by atoms with van der Waals surface area (Å²) in [6, 6.07) is 13.8. The monoisotopic (exact) mass is 362 g/mol. The first kappa shape index (κ1) is 17.3. The zero-order valence-electron chi connectivity index (χ0n) is 15.3. The van der Waals surface area contributed by atoms with Crippen LogP contribution in [0.3, 0.4) is 0 Å². The van der Waals surface area contributed by atoms with Gasteiger partial charge >= 0.3 is 0 Å². The molecule has 0 bridgehead atoms. The number of anilines is 1. The Labute approximate surface area is 158 Å². The lowest BCUT2D eigenvalue weighted by Crippen LogP contribution is -2.38. The van der Waals surface area contributed by atoms with Gasteiger partial charge in [-0.15, -0.1) is 0 Å². The van der Waals surface area contributed by atoms with Crippen LogP contribution in [0.5, 0.6) is 5.75 Å². The van der Waals surface area contributed by atoms with Crippen molar-refractivity contribution in [1.29, 1.82) is 0 Å². The van der Waals surface area contributed by atoms with E-state index in [9.17, 15) is 4.79 Å². The molecule has 0 radical (unpaired) electrons. The van der Waals surface area contributed by atoms with Crippen molar-refractivity contribution in [2.45, 2.75) is 25.9 Å². The molecule has 0 unspecified atom stereocenters. The molecule has 1 aliphatic rings. The largest absolute Gasteiger partial charge is 0.490 e. The molecule has 1 aromatic carbocycles. The average Bonchev–Trinajstić information content (AvgIpc) is 2.68. The number of benzene rings is 1. The van der Waals surface area contributed by atoms with Crippen molar-refractivity contribution in [2.75, 3.05) is 18.0 Å². The molecule has 1 amide bonds. The number of nitrogens with zero attached hydrogens (tertiary/aromatic N) is 3. The Kier molecular flexibility index (Phi) is 4.62. The Hall–Kier alpha value is -3.15. The van der Waals surface area contributed by atoms with Crippen molar-refractivity contribution in [3.63, 3.8) is 0 Å². The molecule has 138 valence electrons. The smallest absolute Gasteiger partial charge is 0.267 e. The highest BCUT2D eigenvalue weighted by Crippen LogP contribution is 2.30. The summed E-state index contributed by atoms with van der Waals surface area (Å²) in [7, 11) is 0. The second-order valence-corrected chi connectivity index (χ2v) is 6.85. The molecule has 27 heavy (non-hydrogen) atoms. The fourth-order valence-corrected chi connectivity index (χ4v) is 3.57. The van der Waals surface area contributed by atoms with Gasteiger partial charge in [-0.3, -0.25) is 14.8 Å². The van der Waals surface area contributed by atoms with Crippen LogP contribution in [0.4, 0.5) is 5.69 Å². The van der Waals surface area contributed by atoms with E-state index in [0.717, 1.165) is 37.1 Å². The zero-order chi connectivity index (χ0) is 18.8. The highest BCUT2D eigenvalue weighted by atomic mass is 16.5. The van der Waals surface area contributed by atoms with Crippen molar-refractivity contribution in [3.8, 4) is 5.75 Å². The van der Waals surface area contributed by atoms with E-state index < -0.39 is 5.91 Å². The summed E-state index contributed by atoms with van der Waals surface area (Å²) < 4.78 is 6.05. The molecule has 3 aromatic rings. The maximum atomic E-state index is 11.3. The molecule has 3 heterocycles. The number of pyridine rings is 2. The molecule has 1 fully saturated rings. The Bertz CT molecular complexity index is 981. The van der Waals surface area contributed by atoms with E-state index in [0.29, 0.717) is 5.75 Å². The maximum absolute atomic E-state index is 11.3. The minimum absolute atomic E-state index is 0.110. The van der Waals surface area contributed by atoms with Gasteiger partial charge in [0.05, 0.1) is 5.52 Å². The van der Waals surface area contributed by atoms with Gasteiger partial charge in [-0.05, 0) is 25.1 Å².